The molecule has 17 rings (SSSR count). The van der Waals surface area contributed by atoms with Gasteiger partial charge in [0.05, 0.1) is 22.7 Å². The summed E-state index contributed by atoms with van der Waals surface area (Å²) in [4.78, 5) is 9.77. The maximum atomic E-state index is 6.98. The van der Waals surface area contributed by atoms with Crippen LogP contribution < -0.4 is 19.3 Å². The molecule has 3 heterocycles. The van der Waals surface area contributed by atoms with Crippen LogP contribution in [0, 0.1) is 0 Å². The number of anilines is 6. The van der Waals surface area contributed by atoms with E-state index < -0.39 is 0 Å². The van der Waals surface area contributed by atoms with Gasteiger partial charge in [0.15, 0.2) is 28.8 Å². The van der Waals surface area contributed by atoms with E-state index in [9.17, 15) is 0 Å². The number of nitrogens with zero attached hydrogens (tertiary/aromatic N) is 4. The molecule has 6 nitrogen and oxygen atoms in total. The lowest BCUT2D eigenvalue weighted by atomic mass is 9.96. The van der Waals surface area contributed by atoms with E-state index in [4.69, 9.17) is 18.8 Å². The minimum atomic E-state index is 0.679. The number of hydrogen-bond acceptors (Lipinski definition) is 7. The highest BCUT2D eigenvalue weighted by atomic mass is 32.1. The molecule has 0 N–H and O–H groups in total. The Labute approximate surface area is 495 Å². The fourth-order valence-corrected chi connectivity index (χ4v) is 13.4. The molecule has 15 aromatic rings. The normalized spacial score (nSPS) is 12.4. The van der Waals surface area contributed by atoms with Crippen molar-refractivity contribution < 1.29 is 9.47 Å². The van der Waals surface area contributed by atoms with Gasteiger partial charge in [0, 0.05) is 22.5 Å². The maximum Gasteiger partial charge on any atom is 0.173 e. The van der Waals surface area contributed by atoms with Crippen molar-refractivity contribution in [2.75, 3.05) is 9.80 Å². The van der Waals surface area contributed by atoms with Crippen molar-refractivity contribution in [1.82, 2.24) is 9.36 Å². The topological polar surface area (TPSA) is 50.7 Å². The quantitative estimate of drug-likeness (QED) is 0.151. The van der Waals surface area contributed by atoms with Gasteiger partial charge < -0.3 is 19.3 Å². The first-order valence-electron chi connectivity index (χ1n) is 28.6. The zero-order valence-corrected chi connectivity index (χ0v) is 46.5. The highest BCUT2D eigenvalue weighted by Gasteiger charge is 2.30. The first-order chi connectivity index (χ1) is 42.1. The molecule has 2 aliphatic rings. The van der Waals surface area contributed by atoms with E-state index in [-0.39, 0.29) is 0 Å². The van der Waals surface area contributed by atoms with Crippen molar-refractivity contribution in [3.63, 3.8) is 0 Å². The maximum absolute atomic E-state index is 6.98. The van der Waals surface area contributed by atoms with Gasteiger partial charge in [0.25, 0.3) is 0 Å². The molecule has 0 radical (unpaired) electrons. The Bertz CT molecular complexity index is 4570. The van der Waals surface area contributed by atoms with Crippen molar-refractivity contribution >= 4 is 88.7 Å². The number of benzene rings is 14. The Morgan fingerprint density at radius 1 is 0.271 bits per heavy atom. The van der Waals surface area contributed by atoms with Crippen LogP contribution in [0.2, 0.25) is 0 Å². The third kappa shape index (κ3) is 8.31. The van der Waals surface area contributed by atoms with Gasteiger partial charge in [-0.3, -0.25) is 0 Å². The van der Waals surface area contributed by atoms with E-state index >= 15 is 0 Å². The number of rotatable bonds is 8. The SMILES string of the molecule is c1ccc2c(-c3ccc4c(c3)Oc3cc(-c5cccc6ccccc56)ccc3N4c3ccc(-c4nsc(-c5ccc(N6c7ccc(-c8cccc9ccccc89)cc7Oc7cc(-c8cccc9ccccc89)ccc76)cc5)n4)cc3)cccc2c1. The number of hydrogen-bond donors (Lipinski definition) is 0. The monoisotopic (exact) mass is 1100 g/mol. The molecule has 0 aliphatic carbocycles. The lowest BCUT2D eigenvalue weighted by Gasteiger charge is -2.33. The van der Waals surface area contributed by atoms with Crippen LogP contribution in [0.1, 0.15) is 0 Å². The van der Waals surface area contributed by atoms with Crippen LogP contribution in [-0.4, -0.2) is 9.36 Å². The van der Waals surface area contributed by atoms with Crippen molar-refractivity contribution in [2.45, 2.75) is 0 Å². The van der Waals surface area contributed by atoms with E-state index in [1.165, 1.54) is 54.6 Å². The van der Waals surface area contributed by atoms with Gasteiger partial charge in [-0.2, -0.15) is 4.37 Å². The van der Waals surface area contributed by atoms with E-state index in [1.54, 1.807) is 0 Å². The van der Waals surface area contributed by atoms with Crippen LogP contribution in [0.3, 0.4) is 0 Å². The Morgan fingerprint density at radius 3 is 0.906 bits per heavy atom. The van der Waals surface area contributed by atoms with Crippen LogP contribution in [0.25, 0.3) is 110 Å². The molecule has 2 aliphatic heterocycles. The summed E-state index contributed by atoms with van der Waals surface area (Å²) in [5.41, 5.74) is 16.8. The summed E-state index contributed by atoms with van der Waals surface area (Å²) >= 11 is 1.41. The number of ether oxygens (including phenoxy) is 2. The van der Waals surface area contributed by atoms with Crippen molar-refractivity contribution in [1.29, 1.82) is 0 Å². The number of aromatic nitrogens is 2. The molecule has 0 bridgehead atoms. The first kappa shape index (κ1) is 48.6. The van der Waals surface area contributed by atoms with E-state index in [1.807, 2.05) is 0 Å². The van der Waals surface area contributed by atoms with E-state index in [0.717, 1.165) is 118 Å². The average molecular weight is 1110 g/mol. The van der Waals surface area contributed by atoms with Gasteiger partial charge in [-0.1, -0.05) is 194 Å². The van der Waals surface area contributed by atoms with Crippen LogP contribution >= 0.6 is 11.5 Å². The summed E-state index contributed by atoms with van der Waals surface area (Å²) in [6.45, 7) is 0. The highest BCUT2D eigenvalue weighted by molar-refractivity contribution is 7.09. The Morgan fingerprint density at radius 2 is 0.565 bits per heavy atom. The predicted octanol–water partition coefficient (Wildman–Crippen LogP) is 22.3. The summed E-state index contributed by atoms with van der Waals surface area (Å²) in [6.07, 6.45) is 0. The summed E-state index contributed by atoms with van der Waals surface area (Å²) in [5, 5.41) is 10.4. The minimum Gasteiger partial charge on any atom is -0.453 e. The van der Waals surface area contributed by atoms with Crippen LogP contribution in [0.4, 0.5) is 34.1 Å². The Balaban J connectivity index is 0.700. The predicted molar refractivity (Wildman–Crippen MR) is 352 cm³/mol. The molecule has 0 saturated carbocycles. The van der Waals surface area contributed by atoms with Crippen molar-refractivity contribution in [3.05, 3.63) is 291 Å². The molecule has 0 amide bonds. The number of fused-ring (bicyclic) bond motifs is 8. The third-order valence-electron chi connectivity index (χ3n) is 16.8. The lowest BCUT2D eigenvalue weighted by Crippen LogP contribution is -2.16. The van der Waals surface area contributed by atoms with Gasteiger partial charge in [-0.25, -0.2) is 4.98 Å². The zero-order valence-electron chi connectivity index (χ0n) is 45.7. The van der Waals surface area contributed by atoms with Gasteiger partial charge >= 0.3 is 0 Å². The van der Waals surface area contributed by atoms with Crippen LogP contribution in [0.5, 0.6) is 23.0 Å². The molecule has 0 fully saturated rings. The molecule has 0 spiro atoms. The van der Waals surface area contributed by atoms with Gasteiger partial charge in [0.2, 0.25) is 0 Å². The molecule has 85 heavy (non-hydrogen) atoms. The molecule has 1 aromatic heterocycles. The second-order valence-corrected chi connectivity index (χ2v) is 22.5. The summed E-state index contributed by atoms with van der Waals surface area (Å²) in [5.74, 6) is 3.82. The molecular formula is C78H48N4O2S. The minimum absolute atomic E-state index is 0.679. The standard InChI is InChI=1S/C78H48N4O2S/c1-5-21-61-49(13-1)17-9-25-65(61)55-33-41-69-73(45-55)83-74-46-56(66-26-10-18-50-14-2-6-22-62(50)66)34-42-70(74)81(69)59-37-29-53(30-38-59)77-79-78(85-80-77)54-31-39-60(40-32-54)82-71-43-35-57(67-27-11-19-51-15-3-7-23-63(51)67)47-75(71)84-76-48-58(36-44-72(76)82)68-28-12-20-52-16-4-8-24-64(52)68/h1-48H. The Kier molecular flexibility index (Phi) is 11.3. The molecule has 14 aromatic carbocycles. The fraction of sp³-hybridized carbons (Fsp3) is 0. The average Bonchev–Trinajstić information content (AvgIpc) is 1.94. The van der Waals surface area contributed by atoms with Gasteiger partial charge in [-0.15, -0.1) is 0 Å². The third-order valence-corrected chi connectivity index (χ3v) is 17.6. The van der Waals surface area contributed by atoms with E-state index in [0.29, 0.717) is 5.82 Å². The largest absolute Gasteiger partial charge is 0.453 e. The summed E-state index contributed by atoms with van der Waals surface area (Å²) < 4.78 is 18.9. The van der Waals surface area contributed by atoms with Crippen molar-refractivity contribution in [3.8, 4) is 89.5 Å². The molecule has 0 atom stereocenters. The molecular weight excluding hydrogens is 1060 g/mol. The molecule has 7 heteroatoms. The van der Waals surface area contributed by atoms with Gasteiger partial charge in [0.1, 0.15) is 5.01 Å². The molecule has 0 saturated heterocycles. The lowest BCUT2D eigenvalue weighted by molar-refractivity contribution is 0.477. The Hall–Kier alpha value is -11.1. The fourth-order valence-electron chi connectivity index (χ4n) is 12.7. The summed E-state index contributed by atoms with van der Waals surface area (Å²) in [6, 6.07) is 104. The van der Waals surface area contributed by atoms with Gasteiger partial charge in [-0.05, 0) is 196 Å². The zero-order chi connectivity index (χ0) is 56.0. The van der Waals surface area contributed by atoms with Crippen LogP contribution in [-0.2, 0) is 0 Å². The second-order valence-electron chi connectivity index (χ2n) is 21.7. The van der Waals surface area contributed by atoms with Crippen LogP contribution in [0.15, 0.2) is 291 Å². The molecule has 0 unspecified atom stereocenters. The highest BCUT2D eigenvalue weighted by Crippen LogP contribution is 2.55. The molecule has 398 valence electrons. The first-order valence-corrected chi connectivity index (χ1v) is 29.4. The second kappa shape index (κ2) is 19.8. The van der Waals surface area contributed by atoms with Crippen molar-refractivity contribution in [2.24, 2.45) is 0 Å². The summed E-state index contributed by atoms with van der Waals surface area (Å²) in [7, 11) is 0. The smallest absolute Gasteiger partial charge is 0.173 e. The van der Waals surface area contributed by atoms with E-state index in [2.05, 4.69) is 301 Å².